The third kappa shape index (κ3) is 3.91. The maximum Gasteiger partial charge on any atom is 0.181 e. The lowest BCUT2D eigenvalue weighted by Gasteiger charge is -2.12. The summed E-state index contributed by atoms with van der Waals surface area (Å²) in [6, 6.07) is 7.89. The Morgan fingerprint density at radius 3 is 2.58 bits per heavy atom. The summed E-state index contributed by atoms with van der Waals surface area (Å²) in [7, 11) is 3.97. The highest BCUT2D eigenvalue weighted by atomic mass is 32.1. The van der Waals surface area contributed by atoms with Crippen molar-refractivity contribution in [1.29, 1.82) is 0 Å². The summed E-state index contributed by atoms with van der Waals surface area (Å²) in [5.41, 5.74) is 6.70. The number of hydrogen-bond donors (Lipinski definition) is 2. The summed E-state index contributed by atoms with van der Waals surface area (Å²) in [6.45, 7) is 1.57. The Morgan fingerprint density at radius 2 is 1.81 bits per heavy atom. The number of carbonyl (C=O) groups is 1. The van der Waals surface area contributed by atoms with Crippen LogP contribution >= 0.6 is 11.3 Å². The molecule has 0 radical (unpaired) electrons. The predicted molar refractivity (Wildman–Crippen MR) is 144 cm³/mol. The Labute approximate surface area is 211 Å². The van der Waals surface area contributed by atoms with Crippen LogP contribution in [0.4, 0.5) is 5.69 Å². The number of aromatic amines is 2. The van der Waals surface area contributed by atoms with Gasteiger partial charge in [-0.2, -0.15) is 5.10 Å². The van der Waals surface area contributed by atoms with Gasteiger partial charge in [-0.1, -0.05) is 7.43 Å². The van der Waals surface area contributed by atoms with Crippen molar-refractivity contribution in [3.8, 4) is 33.1 Å². The topological polar surface area (TPSA) is 116 Å². The van der Waals surface area contributed by atoms with Gasteiger partial charge < -0.3 is 9.88 Å². The van der Waals surface area contributed by atoms with E-state index in [4.69, 9.17) is 4.98 Å². The minimum absolute atomic E-state index is 0. The third-order valence-corrected chi connectivity index (χ3v) is 7.05. The molecule has 10 heteroatoms. The molecule has 0 spiro atoms. The van der Waals surface area contributed by atoms with Crippen LogP contribution in [0.25, 0.3) is 55.2 Å². The maximum absolute atomic E-state index is 11.8. The van der Waals surface area contributed by atoms with Gasteiger partial charge in [-0.25, -0.2) is 9.97 Å². The number of hydrogen-bond acceptors (Lipinski definition) is 8. The van der Waals surface area contributed by atoms with Crippen LogP contribution < -0.4 is 4.90 Å². The van der Waals surface area contributed by atoms with Gasteiger partial charge >= 0.3 is 0 Å². The van der Waals surface area contributed by atoms with Gasteiger partial charge in [-0.3, -0.25) is 19.9 Å². The number of imidazole rings is 1. The molecule has 0 amide bonds. The van der Waals surface area contributed by atoms with Crippen LogP contribution in [0.15, 0.2) is 55.2 Å². The van der Waals surface area contributed by atoms with Gasteiger partial charge in [0.1, 0.15) is 11.2 Å². The van der Waals surface area contributed by atoms with Crippen LogP contribution in [0.1, 0.15) is 24.0 Å². The molecule has 0 aromatic carbocycles. The quantitative estimate of drug-likeness (QED) is 0.299. The van der Waals surface area contributed by atoms with Crippen LogP contribution in [0.3, 0.4) is 0 Å². The predicted octanol–water partition coefficient (Wildman–Crippen LogP) is 5.59. The molecule has 6 rings (SSSR count). The number of fused-ring (bicyclic) bond motifs is 2. The van der Waals surface area contributed by atoms with Crippen LogP contribution in [0.5, 0.6) is 0 Å². The van der Waals surface area contributed by atoms with Crippen LogP contribution in [-0.4, -0.2) is 55.0 Å². The highest BCUT2D eigenvalue weighted by molar-refractivity contribution is 7.17. The molecule has 0 aliphatic heterocycles. The summed E-state index contributed by atoms with van der Waals surface area (Å²) in [5, 5.41) is 8.31. The van der Waals surface area contributed by atoms with Gasteiger partial charge in [-0.05, 0) is 31.2 Å². The van der Waals surface area contributed by atoms with Crippen LogP contribution in [0, 0.1) is 0 Å². The zero-order chi connectivity index (χ0) is 24.1. The standard InChI is InChI=1S/C25H20N8OS.CH4/c1-13(34)20-4-5-21(35-20)18-11-27-12-19-22(18)30-25(29-19)23-17-7-15(9-28-24(17)32-31-23)14-6-16(33(2)3)10-26-8-14;/h4-12H,1-3H3,(H,29,30)(H,28,31,32);1H4. The van der Waals surface area contributed by atoms with E-state index in [0.29, 0.717) is 16.3 Å². The van der Waals surface area contributed by atoms with Gasteiger partial charge in [0, 0.05) is 54.3 Å². The first-order valence-electron chi connectivity index (χ1n) is 10.9. The fourth-order valence-corrected chi connectivity index (χ4v) is 4.88. The number of aromatic nitrogens is 7. The van der Waals surface area contributed by atoms with Crippen molar-refractivity contribution in [3.05, 3.63) is 60.1 Å². The van der Waals surface area contributed by atoms with Crippen molar-refractivity contribution in [3.63, 3.8) is 0 Å². The molecule has 0 aliphatic rings. The number of pyridine rings is 3. The normalized spacial score (nSPS) is 11.1. The number of rotatable bonds is 5. The van der Waals surface area contributed by atoms with E-state index >= 15 is 0 Å². The van der Waals surface area contributed by atoms with E-state index in [0.717, 1.165) is 49.4 Å². The van der Waals surface area contributed by atoms with E-state index in [9.17, 15) is 4.79 Å². The highest BCUT2D eigenvalue weighted by Gasteiger charge is 2.17. The summed E-state index contributed by atoms with van der Waals surface area (Å²) >= 11 is 1.44. The molecule has 0 fully saturated rings. The molecule has 6 aromatic heterocycles. The monoisotopic (exact) mass is 496 g/mol. The molecule has 0 bridgehead atoms. The Balaban J connectivity index is 0.00000267. The van der Waals surface area contributed by atoms with Crippen molar-refractivity contribution in [2.24, 2.45) is 0 Å². The van der Waals surface area contributed by atoms with Crippen molar-refractivity contribution in [1.82, 2.24) is 35.1 Å². The SMILES string of the molecule is C.CC(=O)c1ccc(-c2cncc3[nH]c(-c4[nH]nc5ncc(-c6cncc(N(C)C)c6)cc45)nc23)s1. The molecule has 6 heterocycles. The largest absolute Gasteiger partial charge is 0.376 e. The molecule has 0 aliphatic carbocycles. The van der Waals surface area contributed by atoms with E-state index in [1.54, 1.807) is 25.5 Å². The number of ketones is 1. The fourth-order valence-electron chi connectivity index (χ4n) is 3.97. The zero-order valence-corrected chi connectivity index (χ0v) is 20.0. The first kappa shape index (κ1) is 23.3. The number of carbonyl (C=O) groups excluding carboxylic acids is 1. The smallest absolute Gasteiger partial charge is 0.181 e. The maximum atomic E-state index is 11.8. The lowest BCUT2D eigenvalue weighted by atomic mass is 10.1. The Morgan fingerprint density at radius 1 is 1.00 bits per heavy atom. The fraction of sp³-hybridized carbons (Fsp3) is 0.154. The number of thiophene rings is 1. The Bertz CT molecular complexity index is 1730. The first-order valence-corrected chi connectivity index (χ1v) is 11.7. The molecule has 180 valence electrons. The van der Waals surface area contributed by atoms with Gasteiger partial charge in [-0.15, -0.1) is 11.3 Å². The van der Waals surface area contributed by atoms with Gasteiger partial charge in [0.05, 0.1) is 33.9 Å². The molecular formula is C26H24N8OS. The van der Waals surface area contributed by atoms with E-state index in [2.05, 4.69) is 36.2 Å². The number of H-pyrrole nitrogens is 2. The number of nitrogens with one attached hydrogen (secondary N) is 2. The molecule has 36 heavy (non-hydrogen) atoms. The summed E-state index contributed by atoms with van der Waals surface area (Å²) in [6.07, 6.45) is 8.97. The number of nitrogens with zero attached hydrogens (tertiary/aromatic N) is 6. The van der Waals surface area contributed by atoms with Crippen molar-refractivity contribution >= 4 is 44.9 Å². The Kier molecular flexibility index (Phi) is 5.81. The molecule has 0 saturated carbocycles. The van der Waals surface area contributed by atoms with E-state index in [-0.39, 0.29) is 13.2 Å². The molecule has 0 atom stereocenters. The minimum Gasteiger partial charge on any atom is -0.376 e. The average molecular weight is 497 g/mol. The number of Topliss-reactive ketones (excluding diaryl/α,β-unsaturated/α-hetero) is 1. The number of anilines is 1. The van der Waals surface area contributed by atoms with E-state index in [1.165, 1.54) is 11.3 Å². The second-order valence-electron chi connectivity index (χ2n) is 8.41. The molecule has 2 N–H and O–H groups in total. The highest BCUT2D eigenvalue weighted by Crippen LogP contribution is 2.35. The third-order valence-electron chi connectivity index (χ3n) is 5.83. The average Bonchev–Trinajstić information content (AvgIpc) is 3.61. The second-order valence-corrected chi connectivity index (χ2v) is 9.49. The summed E-state index contributed by atoms with van der Waals surface area (Å²) < 4.78 is 0. The summed E-state index contributed by atoms with van der Waals surface area (Å²) in [4.78, 5) is 37.0. The van der Waals surface area contributed by atoms with E-state index in [1.807, 2.05) is 49.6 Å². The van der Waals surface area contributed by atoms with Crippen molar-refractivity contribution < 1.29 is 4.79 Å². The minimum atomic E-state index is 0. The summed E-state index contributed by atoms with van der Waals surface area (Å²) in [5.74, 6) is 0.682. The van der Waals surface area contributed by atoms with Crippen molar-refractivity contribution in [2.75, 3.05) is 19.0 Å². The Hall–Kier alpha value is -4.44. The molecular weight excluding hydrogens is 472 g/mol. The van der Waals surface area contributed by atoms with Crippen LogP contribution in [0.2, 0.25) is 0 Å². The molecule has 9 nitrogen and oxygen atoms in total. The lowest BCUT2D eigenvalue weighted by Crippen LogP contribution is -2.08. The molecule has 0 saturated heterocycles. The second kappa shape index (κ2) is 8.97. The zero-order valence-electron chi connectivity index (χ0n) is 19.2. The first-order chi connectivity index (χ1) is 17.0. The van der Waals surface area contributed by atoms with Gasteiger partial charge in [0.15, 0.2) is 17.3 Å². The molecule has 6 aromatic rings. The lowest BCUT2D eigenvalue weighted by molar-refractivity contribution is 0.102. The van der Waals surface area contributed by atoms with Gasteiger partial charge in [0.2, 0.25) is 0 Å². The van der Waals surface area contributed by atoms with E-state index < -0.39 is 0 Å². The van der Waals surface area contributed by atoms with Crippen LogP contribution in [-0.2, 0) is 0 Å². The molecule has 0 unspecified atom stereocenters. The van der Waals surface area contributed by atoms with Gasteiger partial charge in [0.25, 0.3) is 0 Å². The van der Waals surface area contributed by atoms with Crippen molar-refractivity contribution in [2.45, 2.75) is 14.4 Å².